The van der Waals surface area contributed by atoms with Gasteiger partial charge in [0.25, 0.3) is 11.5 Å². The van der Waals surface area contributed by atoms with Gasteiger partial charge in [0.15, 0.2) is 11.4 Å². The third kappa shape index (κ3) is 2.08. The van der Waals surface area contributed by atoms with Crippen LogP contribution in [0.25, 0.3) is 5.69 Å². The lowest BCUT2D eigenvalue weighted by Gasteiger charge is -2.07. The maximum atomic E-state index is 11.7. The maximum Gasteiger partial charge on any atom is 0.275 e. The van der Waals surface area contributed by atoms with Crippen LogP contribution in [0.5, 0.6) is 5.75 Å². The zero-order valence-electron chi connectivity index (χ0n) is 9.62. The summed E-state index contributed by atoms with van der Waals surface area (Å²) in [7, 11) is 0. The number of aryl methyl sites for hydroxylation is 1. The summed E-state index contributed by atoms with van der Waals surface area (Å²) < 4.78 is 1.02. The van der Waals surface area contributed by atoms with Crippen molar-refractivity contribution in [3.8, 4) is 11.4 Å². The number of nitrogens with two attached hydrogens (primary N) is 1. The standard InChI is InChI=1S/C12H11N3O3/c1-7-3-2-4-8(5-7)15-10(17)6-9(16)11(14-15)12(13)18/h2-6,16H,1H3,(H2,13,18). The third-order valence-corrected chi connectivity index (χ3v) is 2.39. The lowest BCUT2D eigenvalue weighted by molar-refractivity contribution is 0.0991. The van der Waals surface area contributed by atoms with Gasteiger partial charge < -0.3 is 10.8 Å². The molecule has 1 amide bonds. The number of amides is 1. The van der Waals surface area contributed by atoms with Gasteiger partial charge in [0.2, 0.25) is 0 Å². The zero-order valence-corrected chi connectivity index (χ0v) is 9.62. The summed E-state index contributed by atoms with van der Waals surface area (Å²) in [6, 6.07) is 7.94. The van der Waals surface area contributed by atoms with Crippen molar-refractivity contribution in [1.29, 1.82) is 0 Å². The van der Waals surface area contributed by atoms with Crippen LogP contribution in [0.2, 0.25) is 0 Å². The molecule has 2 aromatic rings. The molecule has 92 valence electrons. The van der Waals surface area contributed by atoms with E-state index in [-0.39, 0.29) is 5.69 Å². The highest BCUT2D eigenvalue weighted by Crippen LogP contribution is 2.12. The summed E-state index contributed by atoms with van der Waals surface area (Å²) in [6.07, 6.45) is 0. The summed E-state index contributed by atoms with van der Waals surface area (Å²) >= 11 is 0. The Kier molecular flexibility index (Phi) is 2.85. The molecule has 0 saturated carbocycles. The number of hydrogen-bond donors (Lipinski definition) is 2. The van der Waals surface area contributed by atoms with Crippen LogP contribution in [-0.4, -0.2) is 20.8 Å². The lowest BCUT2D eigenvalue weighted by Crippen LogP contribution is -2.25. The number of aromatic hydroxyl groups is 1. The van der Waals surface area contributed by atoms with Crippen molar-refractivity contribution >= 4 is 5.91 Å². The van der Waals surface area contributed by atoms with Gasteiger partial charge in [-0.25, -0.2) is 0 Å². The lowest BCUT2D eigenvalue weighted by atomic mass is 10.2. The number of hydrogen-bond acceptors (Lipinski definition) is 4. The predicted molar refractivity (Wildman–Crippen MR) is 64.8 cm³/mol. The summed E-state index contributed by atoms with van der Waals surface area (Å²) in [5.74, 6) is -1.41. The first-order chi connectivity index (χ1) is 8.49. The Hall–Kier alpha value is -2.63. The summed E-state index contributed by atoms with van der Waals surface area (Å²) in [6.45, 7) is 1.87. The van der Waals surface area contributed by atoms with Gasteiger partial charge in [-0.15, -0.1) is 0 Å². The molecule has 0 unspecified atom stereocenters. The van der Waals surface area contributed by atoms with Crippen LogP contribution in [0.15, 0.2) is 35.1 Å². The molecule has 3 N–H and O–H groups in total. The topological polar surface area (TPSA) is 98.2 Å². The second kappa shape index (κ2) is 4.33. The van der Waals surface area contributed by atoms with E-state index >= 15 is 0 Å². The van der Waals surface area contributed by atoms with Gasteiger partial charge in [0.1, 0.15) is 0 Å². The quantitative estimate of drug-likeness (QED) is 0.797. The van der Waals surface area contributed by atoms with E-state index in [1.54, 1.807) is 18.2 Å². The Morgan fingerprint density at radius 1 is 1.39 bits per heavy atom. The van der Waals surface area contributed by atoms with Crippen LogP contribution in [0.1, 0.15) is 16.1 Å². The second-order valence-electron chi connectivity index (χ2n) is 3.83. The predicted octanol–water partition coefficient (Wildman–Crippen LogP) is 0.345. The minimum atomic E-state index is -0.895. The normalized spacial score (nSPS) is 10.3. The summed E-state index contributed by atoms with van der Waals surface area (Å²) in [5, 5.41) is 13.2. The van der Waals surface area contributed by atoms with E-state index in [2.05, 4.69) is 5.10 Å². The highest BCUT2D eigenvalue weighted by molar-refractivity contribution is 5.93. The monoisotopic (exact) mass is 245 g/mol. The Bertz CT molecular complexity index is 677. The Morgan fingerprint density at radius 3 is 2.72 bits per heavy atom. The molecule has 0 aliphatic carbocycles. The first-order valence-electron chi connectivity index (χ1n) is 5.19. The van der Waals surface area contributed by atoms with Crippen LogP contribution < -0.4 is 11.3 Å². The number of benzene rings is 1. The van der Waals surface area contributed by atoms with Crippen molar-refractivity contribution in [2.24, 2.45) is 5.73 Å². The van der Waals surface area contributed by atoms with Crippen molar-refractivity contribution in [2.45, 2.75) is 6.92 Å². The molecule has 0 aliphatic rings. The van der Waals surface area contributed by atoms with Crippen molar-refractivity contribution in [3.05, 3.63) is 51.9 Å². The van der Waals surface area contributed by atoms with Crippen LogP contribution in [-0.2, 0) is 0 Å². The molecule has 0 radical (unpaired) electrons. The molecular weight excluding hydrogens is 234 g/mol. The summed E-state index contributed by atoms with van der Waals surface area (Å²) in [4.78, 5) is 22.8. The first kappa shape index (κ1) is 11.8. The minimum Gasteiger partial charge on any atom is -0.505 e. The molecule has 0 spiro atoms. The SMILES string of the molecule is Cc1cccc(-n2nc(C(N)=O)c(O)cc2=O)c1. The molecule has 6 nitrogen and oxygen atoms in total. The minimum absolute atomic E-state index is 0.337. The first-order valence-corrected chi connectivity index (χ1v) is 5.19. The molecular formula is C12H11N3O3. The van der Waals surface area contributed by atoms with Crippen molar-refractivity contribution in [1.82, 2.24) is 9.78 Å². The Balaban J connectivity index is 2.68. The molecule has 6 heteroatoms. The number of primary amides is 1. The average molecular weight is 245 g/mol. The largest absolute Gasteiger partial charge is 0.505 e. The highest BCUT2D eigenvalue weighted by Gasteiger charge is 2.13. The maximum absolute atomic E-state index is 11.7. The number of carbonyl (C=O) groups is 1. The van der Waals surface area contributed by atoms with Gasteiger partial charge in [-0.1, -0.05) is 12.1 Å². The molecule has 1 aromatic carbocycles. The second-order valence-corrected chi connectivity index (χ2v) is 3.83. The molecule has 0 fully saturated rings. The van der Waals surface area contributed by atoms with Crippen molar-refractivity contribution in [2.75, 3.05) is 0 Å². The van der Waals surface area contributed by atoms with E-state index in [1.807, 2.05) is 13.0 Å². The van der Waals surface area contributed by atoms with Crippen LogP contribution in [0.3, 0.4) is 0 Å². The molecule has 2 rings (SSSR count). The molecule has 18 heavy (non-hydrogen) atoms. The Morgan fingerprint density at radius 2 is 2.11 bits per heavy atom. The van der Waals surface area contributed by atoms with Crippen molar-refractivity contribution in [3.63, 3.8) is 0 Å². The van der Waals surface area contributed by atoms with Gasteiger partial charge in [-0.2, -0.15) is 9.78 Å². The van der Waals surface area contributed by atoms with Crippen molar-refractivity contribution < 1.29 is 9.90 Å². The Labute approximate surface area is 102 Å². The molecule has 0 aliphatic heterocycles. The van der Waals surface area contributed by atoms with Gasteiger partial charge >= 0.3 is 0 Å². The van der Waals surface area contributed by atoms with E-state index in [1.165, 1.54) is 0 Å². The average Bonchev–Trinajstić information content (AvgIpc) is 2.28. The van der Waals surface area contributed by atoms with Crippen LogP contribution in [0, 0.1) is 6.92 Å². The zero-order chi connectivity index (χ0) is 13.3. The van der Waals surface area contributed by atoms with E-state index in [4.69, 9.17) is 5.73 Å². The molecule has 1 aromatic heterocycles. The molecule has 0 bridgehead atoms. The number of rotatable bonds is 2. The van der Waals surface area contributed by atoms with Gasteiger partial charge in [0.05, 0.1) is 5.69 Å². The highest BCUT2D eigenvalue weighted by atomic mass is 16.3. The van der Waals surface area contributed by atoms with E-state index in [9.17, 15) is 14.7 Å². The van der Waals surface area contributed by atoms with Crippen LogP contribution in [0.4, 0.5) is 0 Å². The molecule has 0 atom stereocenters. The van der Waals surface area contributed by atoms with E-state index in [0.29, 0.717) is 5.69 Å². The van der Waals surface area contributed by atoms with E-state index < -0.39 is 17.2 Å². The van der Waals surface area contributed by atoms with Gasteiger partial charge in [-0.05, 0) is 24.6 Å². The number of carbonyl (C=O) groups excluding carboxylic acids is 1. The third-order valence-electron chi connectivity index (χ3n) is 2.39. The summed E-state index contributed by atoms with van der Waals surface area (Å²) in [5.41, 5.74) is 5.63. The number of nitrogens with zero attached hydrogens (tertiary/aromatic N) is 2. The van der Waals surface area contributed by atoms with E-state index in [0.717, 1.165) is 16.3 Å². The fraction of sp³-hybridized carbons (Fsp3) is 0.0833. The fourth-order valence-electron chi connectivity index (χ4n) is 1.57. The van der Waals surface area contributed by atoms with Gasteiger partial charge in [-0.3, -0.25) is 9.59 Å². The van der Waals surface area contributed by atoms with Gasteiger partial charge in [0, 0.05) is 6.07 Å². The number of aromatic nitrogens is 2. The molecule has 1 heterocycles. The van der Waals surface area contributed by atoms with Crippen LogP contribution >= 0.6 is 0 Å². The fourth-order valence-corrected chi connectivity index (χ4v) is 1.57. The molecule has 0 saturated heterocycles. The smallest absolute Gasteiger partial charge is 0.275 e.